The summed E-state index contributed by atoms with van der Waals surface area (Å²) in [5.41, 5.74) is 1.01. The number of fused-ring (bicyclic) bond motifs is 1. The SMILES string of the molecule is CC(=O)[C@H]1O[C@@H]2OC(C)(C)O[C@@H]2[C@H]1OCc1ccccc1Br. The van der Waals surface area contributed by atoms with Crippen molar-refractivity contribution in [2.24, 2.45) is 0 Å². The van der Waals surface area contributed by atoms with E-state index in [0.717, 1.165) is 10.0 Å². The van der Waals surface area contributed by atoms with Crippen LogP contribution in [0.5, 0.6) is 0 Å². The summed E-state index contributed by atoms with van der Waals surface area (Å²) in [5.74, 6) is -0.817. The van der Waals surface area contributed by atoms with Gasteiger partial charge in [-0.25, -0.2) is 0 Å². The molecule has 0 N–H and O–H groups in total. The number of rotatable bonds is 4. The highest BCUT2D eigenvalue weighted by atomic mass is 79.9. The average Bonchev–Trinajstić information content (AvgIpc) is 2.90. The van der Waals surface area contributed by atoms with Gasteiger partial charge in [-0.2, -0.15) is 0 Å². The van der Waals surface area contributed by atoms with E-state index in [0.29, 0.717) is 6.61 Å². The fraction of sp³-hybridized carbons (Fsp3) is 0.562. The molecule has 6 heteroatoms. The number of halogens is 1. The molecule has 0 aliphatic carbocycles. The Morgan fingerprint density at radius 2 is 2.05 bits per heavy atom. The Labute approximate surface area is 138 Å². The van der Waals surface area contributed by atoms with E-state index in [-0.39, 0.29) is 5.78 Å². The second-order valence-electron chi connectivity index (χ2n) is 6.00. The van der Waals surface area contributed by atoms with Crippen molar-refractivity contribution in [2.45, 2.75) is 57.8 Å². The molecule has 0 saturated carbocycles. The molecule has 2 aliphatic rings. The Morgan fingerprint density at radius 1 is 1.32 bits per heavy atom. The molecule has 5 nitrogen and oxygen atoms in total. The van der Waals surface area contributed by atoms with E-state index in [1.54, 1.807) is 0 Å². The molecule has 3 rings (SSSR count). The first-order valence-corrected chi connectivity index (χ1v) is 8.03. The topological polar surface area (TPSA) is 54.0 Å². The van der Waals surface area contributed by atoms with E-state index in [9.17, 15) is 4.79 Å². The molecule has 4 atom stereocenters. The van der Waals surface area contributed by atoms with Crippen LogP contribution in [0.3, 0.4) is 0 Å². The van der Waals surface area contributed by atoms with Gasteiger partial charge in [0.2, 0.25) is 0 Å². The van der Waals surface area contributed by atoms with E-state index in [1.165, 1.54) is 6.92 Å². The predicted molar refractivity (Wildman–Crippen MR) is 82.1 cm³/mol. The van der Waals surface area contributed by atoms with Gasteiger partial charge in [0, 0.05) is 4.47 Å². The van der Waals surface area contributed by atoms with Crippen molar-refractivity contribution in [3.8, 4) is 0 Å². The van der Waals surface area contributed by atoms with Crippen LogP contribution < -0.4 is 0 Å². The maximum Gasteiger partial charge on any atom is 0.190 e. The number of ketones is 1. The molecular formula is C16H19BrO5. The van der Waals surface area contributed by atoms with Crippen LogP contribution in [0.25, 0.3) is 0 Å². The van der Waals surface area contributed by atoms with Gasteiger partial charge in [0.15, 0.2) is 17.9 Å². The van der Waals surface area contributed by atoms with Gasteiger partial charge in [-0.05, 0) is 32.4 Å². The Hall–Kier alpha value is -0.790. The van der Waals surface area contributed by atoms with Crippen molar-refractivity contribution >= 4 is 21.7 Å². The Morgan fingerprint density at radius 3 is 2.73 bits per heavy atom. The summed E-state index contributed by atoms with van der Waals surface area (Å²) in [6.07, 6.45) is -2.09. The van der Waals surface area contributed by atoms with Gasteiger partial charge >= 0.3 is 0 Å². The summed E-state index contributed by atoms with van der Waals surface area (Å²) < 4.78 is 24.1. The van der Waals surface area contributed by atoms with E-state index in [2.05, 4.69) is 15.9 Å². The van der Waals surface area contributed by atoms with Gasteiger partial charge in [0.1, 0.15) is 18.3 Å². The number of benzene rings is 1. The molecule has 0 amide bonds. The van der Waals surface area contributed by atoms with E-state index in [1.807, 2.05) is 38.1 Å². The third kappa shape index (κ3) is 3.12. The third-order valence-electron chi connectivity index (χ3n) is 3.78. The standard InChI is InChI=1S/C16H19BrO5/c1-9(18)12-13(14-15(20-12)22-16(2,3)21-14)19-8-10-6-4-5-7-11(10)17/h4-7,12-15H,8H2,1-3H3/t12-,13+,14-,15-/m1/s1. The average molecular weight is 371 g/mol. The van der Waals surface area contributed by atoms with Crippen LogP contribution in [0, 0.1) is 0 Å². The lowest BCUT2D eigenvalue weighted by molar-refractivity contribution is -0.218. The molecule has 0 radical (unpaired) electrons. The third-order valence-corrected chi connectivity index (χ3v) is 4.55. The number of carbonyl (C=O) groups excluding carboxylic acids is 1. The first-order valence-electron chi connectivity index (χ1n) is 7.24. The van der Waals surface area contributed by atoms with Gasteiger partial charge in [-0.3, -0.25) is 4.79 Å². The lowest BCUT2D eigenvalue weighted by atomic mass is 10.1. The lowest BCUT2D eigenvalue weighted by Crippen LogP contribution is -2.39. The molecule has 22 heavy (non-hydrogen) atoms. The highest BCUT2D eigenvalue weighted by Crippen LogP contribution is 2.39. The van der Waals surface area contributed by atoms with Gasteiger partial charge in [-0.15, -0.1) is 0 Å². The van der Waals surface area contributed by atoms with E-state index >= 15 is 0 Å². The number of ether oxygens (including phenoxy) is 4. The quantitative estimate of drug-likeness (QED) is 0.815. The minimum atomic E-state index is -0.730. The second-order valence-corrected chi connectivity index (χ2v) is 6.86. The Kier molecular flexibility index (Phi) is 4.40. The van der Waals surface area contributed by atoms with Crippen LogP contribution in [0.2, 0.25) is 0 Å². The molecule has 2 heterocycles. The minimum Gasteiger partial charge on any atom is -0.367 e. The highest BCUT2D eigenvalue weighted by molar-refractivity contribution is 9.10. The summed E-state index contributed by atoms with van der Waals surface area (Å²) in [7, 11) is 0. The first-order chi connectivity index (χ1) is 10.4. The van der Waals surface area contributed by atoms with Crippen LogP contribution >= 0.6 is 15.9 Å². The van der Waals surface area contributed by atoms with E-state index < -0.39 is 30.4 Å². The fourth-order valence-corrected chi connectivity index (χ4v) is 3.19. The molecule has 1 aromatic rings. The van der Waals surface area contributed by atoms with Crippen molar-refractivity contribution in [3.05, 3.63) is 34.3 Å². The van der Waals surface area contributed by atoms with Gasteiger partial charge in [0.05, 0.1) is 6.61 Å². The molecule has 0 spiro atoms. The zero-order valence-electron chi connectivity index (χ0n) is 12.7. The van der Waals surface area contributed by atoms with Crippen molar-refractivity contribution in [3.63, 3.8) is 0 Å². The second kappa shape index (κ2) is 6.02. The first kappa shape index (κ1) is 16.1. The molecule has 120 valence electrons. The van der Waals surface area contributed by atoms with Gasteiger partial charge in [0.25, 0.3) is 0 Å². The molecule has 0 bridgehead atoms. The summed E-state index contributed by atoms with van der Waals surface area (Å²) >= 11 is 3.49. The molecule has 2 fully saturated rings. The maximum atomic E-state index is 11.8. The minimum absolute atomic E-state index is 0.0865. The normalized spacial score (nSPS) is 32.9. The number of Topliss-reactive ketones (excluding diaryl/α,β-unsaturated/α-hetero) is 1. The maximum absolute atomic E-state index is 11.8. The van der Waals surface area contributed by atoms with Crippen LogP contribution in [0.15, 0.2) is 28.7 Å². The van der Waals surface area contributed by atoms with Crippen molar-refractivity contribution in [1.82, 2.24) is 0 Å². The van der Waals surface area contributed by atoms with E-state index in [4.69, 9.17) is 18.9 Å². The van der Waals surface area contributed by atoms with Crippen LogP contribution in [-0.2, 0) is 30.3 Å². The highest BCUT2D eigenvalue weighted by Gasteiger charge is 2.56. The molecule has 1 aromatic carbocycles. The Bertz CT molecular complexity index is 573. The van der Waals surface area contributed by atoms with Crippen molar-refractivity contribution < 1.29 is 23.7 Å². The lowest BCUT2D eigenvalue weighted by Gasteiger charge is -2.24. The zero-order valence-corrected chi connectivity index (χ0v) is 14.3. The van der Waals surface area contributed by atoms with Crippen LogP contribution in [0.1, 0.15) is 26.3 Å². The molecule has 0 unspecified atom stereocenters. The predicted octanol–water partition coefficient (Wildman–Crippen LogP) is 2.80. The smallest absolute Gasteiger partial charge is 0.190 e. The summed E-state index contributed by atoms with van der Waals surface area (Å²) in [6, 6.07) is 7.80. The largest absolute Gasteiger partial charge is 0.367 e. The van der Waals surface area contributed by atoms with Crippen LogP contribution in [0.4, 0.5) is 0 Å². The van der Waals surface area contributed by atoms with Crippen LogP contribution in [-0.4, -0.2) is 36.2 Å². The van der Waals surface area contributed by atoms with Gasteiger partial charge in [-0.1, -0.05) is 34.1 Å². The van der Waals surface area contributed by atoms with Crippen molar-refractivity contribution in [2.75, 3.05) is 0 Å². The summed E-state index contributed by atoms with van der Waals surface area (Å²) in [4.78, 5) is 11.8. The number of carbonyl (C=O) groups is 1. The molecule has 2 aliphatic heterocycles. The molecule has 2 saturated heterocycles. The number of hydrogen-bond donors (Lipinski definition) is 0. The fourth-order valence-electron chi connectivity index (χ4n) is 2.79. The summed E-state index contributed by atoms with van der Waals surface area (Å²) in [6.45, 7) is 5.50. The molecule has 0 aromatic heterocycles. The summed E-state index contributed by atoms with van der Waals surface area (Å²) in [5, 5.41) is 0. The number of hydrogen-bond acceptors (Lipinski definition) is 5. The monoisotopic (exact) mass is 370 g/mol. The van der Waals surface area contributed by atoms with Crippen molar-refractivity contribution in [1.29, 1.82) is 0 Å². The van der Waals surface area contributed by atoms with Gasteiger partial charge < -0.3 is 18.9 Å². The molecular weight excluding hydrogens is 352 g/mol. The Balaban J connectivity index is 1.74. The zero-order chi connectivity index (χ0) is 15.9.